The summed E-state index contributed by atoms with van der Waals surface area (Å²) in [4.78, 5) is 25.8. The highest BCUT2D eigenvalue weighted by molar-refractivity contribution is 5.87. The molecule has 0 spiro atoms. The third kappa shape index (κ3) is 2.16. The molecule has 2 fully saturated rings. The average molecular weight is 265 g/mol. The van der Waals surface area contributed by atoms with Crippen molar-refractivity contribution in [1.29, 1.82) is 0 Å². The monoisotopic (exact) mass is 265 g/mol. The minimum atomic E-state index is -0.926. The molecule has 0 aromatic heterocycles. The van der Waals surface area contributed by atoms with Crippen LogP contribution in [-0.2, 0) is 14.3 Å². The quantitative estimate of drug-likeness (QED) is 0.758. The van der Waals surface area contributed by atoms with Crippen LogP contribution in [0.3, 0.4) is 0 Å². The van der Waals surface area contributed by atoms with Crippen molar-refractivity contribution in [2.24, 2.45) is 11.8 Å². The number of carboxylic acids is 1. The first-order valence-electron chi connectivity index (χ1n) is 7.04. The number of ether oxygens (including phenoxy) is 1. The molecular formula is C14H19NO4. The zero-order chi connectivity index (χ0) is 13.4. The number of amides is 1. The first-order valence-corrected chi connectivity index (χ1v) is 7.04. The van der Waals surface area contributed by atoms with E-state index in [-0.39, 0.29) is 12.0 Å². The van der Waals surface area contributed by atoms with Crippen LogP contribution < -0.4 is 0 Å². The van der Waals surface area contributed by atoms with Gasteiger partial charge in [-0.1, -0.05) is 25.0 Å². The molecule has 3 heterocycles. The molecule has 0 radical (unpaired) electrons. The Morgan fingerprint density at radius 1 is 1.00 bits per heavy atom. The molecule has 104 valence electrons. The molecule has 4 unspecified atom stereocenters. The highest BCUT2D eigenvalue weighted by Gasteiger charge is 2.54. The second-order valence-electron chi connectivity index (χ2n) is 5.58. The van der Waals surface area contributed by atoms with Crippen molar-refractivity contribution in [2.75, 3.05) is 13.1 Å². The lowest BCUT2D eigenvalue weighted by Crippen LogP contribution is -2.45. The Morgan fingerprint density at radius 3 is 2.16 bits per heavy atom. The third-order valence-electron chi connectivity index (χ3n) is 4.39. The number of hydrogen-bond acceptors (Lipinski definition) is 3. The lowest BCUT2D eigenvalue weighted by atomic mass is 9.82. The van der Waals surface area contributed by atoms with Gasteiger partial charge in [-0.05, 0) is 12.8 Å². The molecule has 3 rings (SSSR count). The van der Waals surface area contributed by atoms with Gasteiger partial charge in [-0.2, -0.15) is 0 Å². The maximum absolute atomic E-state index is 12.6. The van der Waals surface area contributed by atoms with Crippen molar-refractivity contribution >= 4 is 11.9 Å². The van der Waals surface area contributed by atoms with Crippen LogP contribution in [0.15, 0.2) is 12.2 Å². The predicted molar refractivity (Wildman–Crippen MR) is 67.5 cm³/mol. The molecule has 1 N–H and O–H groups in total. The standard InChI is InChI=1S/C14H19NO4/c16-13(15-7-3-1-2-4-8-15)11-9-5-6-10(19-9)12(11)14(17)18/h5-6,9-12H,1-4,7-8H2,(H,17,18). The van der Waals surface area contributed by atoms with Crippen molar-refractivity contribution in [2.45, 2.75) is 37.9 Å². The van der Waals surface area contributed by atoms with Crippen molar-refractivity contribution in [1.82, 2.24) is 4.90 Å². The van der Waals surface area contributed by atoms with Crippen molar-refractivity contribution in [3.05, 3.63) is 12.2 Å². The number of likely N-dealkylation sites (tertiary alicyclic amines) is 1. The van der Waals surface area contributed by atoms with E-state index < -0.39 is 23.9 Å². The lowest BCUT2D eigenvalue weighted by molar-refractivity contribution is -0.149. The van der Waals surface area contributed by atoms with Gasteiger partial charge in [-0.25, -0.2) is 0 Å². The van der Waals surface area contributed by atoms with Gasteiger partial charge in [0.15, 0.2) is 0 Å². The fraction of sp³-hybridized carbons (Fsp3) is 0.714. The number of nitrogens with zero attached hydrogens (tertiary/aromatic N) is 1. The first-order chi connectivity index (χ1) is 9.18. The third-order valence-corrected chi connectivity index (χ3v) is 4.39. The molecule has 2 bridgehead atoms. The summed E-state index contributed by atoms with van der Waals surface area (Å²) in [5, 5.41) is 9.32. The largest absolute Gasteiger partial charge is 0.481 e. The lowest BCUT2D eigenvalue weighted by Gasteiger charge is -2.28. The molecule has 0 aromatic rings. The summed E-state index contributed by atoms with van der Waals surface area (Å²) in [6.07, 6.45) is 7.17. The average Bonchev–Trinajstić information content (AvgIpc) is 2.89. The van der Waals surface area contributed by atoms with E-state index in [1.807, 2.05) is 11.0 Å². The van der Waals surface area contributed by atoms with E-state index in [1.54, 1.807) is 6.08 Å². The Kier molecular flexibility index (Phi) is 3.31. The summed E-state index contributed by atoms with van der Waals surface area (Å²) >= 11 is 0. The summed E-state index contributed by atoms with van der Waals surface area (Å²) < 4.78 is 5.56. The number of rotatable bonds is 2. The van der Waals surface area contributed by atoms with Gasteiger partial charge in [0.1, 0.15) is 5.92 Å². The normalized spacial score (nSPS) is 37.4. The summed E-state index contributed by atoms with van der Waals surface area (Å²) in [6.45, 7) is 1.51. The number of hydrogen-bond donors (Lipinski definition) is 1. The molecule has 4 atom stereocenters. The van der Waals surface area contributed by atoms with Gasteiger partial charge >= 0.3 is 5.97 Å². The summed E-state index contributed by atoms with van der Waals surface area (Å²) in [7, 11) is 0. The van der Waals surface area contributed by atoms with Gasteiger partial charge in [0, 0.05) is 13.1 Å². The van der Waals surface area contributed by atoms with Crippen LogP contribution in [0, 0.1) is 11.8 Å². The number of carbonyl (C=O) groups excluding carboxylic acids is 1. The number of carbonyl (C=O) groups is 2. The second kappa shape index (κ2) is 4.96. The Morgan fingerprint density at radius 2 is 1.58 bits per heavy atom. The van der Waals surface area contributed by atoms with Crippen molar-refractivity contribution in [3.8, 4) is 0 Å². The van der Waals surface area contributed by atoms with Crippen LogP contribution in [-0.4, -0.2) is 47.2 Å². The second-order valence-corrected chi connectivity index (χ2v) is 5.58. The van der Waals surface area contributed by atoms with Gasteiger partial charge < -0.3 is 14.7 Å². The zero-order valence-corrected chi connectivity index (χ0v) is 10.8. The van der Waals surface area contributed by atoms with Crippen molar-refractivity contribution < 1.29 is 19.4 Å². The fourth-order valence-corrected chi connectivity index (χ4v) is 3.40. The molecule has 3 aliphatic heterocycles. The van der Waals surface area contributed by atoms with Gasteiger partial charge in [-0.15, -0.1) is 0 Å². The fourth-order valence-electron chi connectivity index (χ4n) is 3.40. The maximum atomic E-state index is 12.6. The van der Waals surface area contributed by atoms with Crippen LogP contribution in [0.5, 0.6) is 0 Å². The van der Waals surface area contributed by atoms with Gasteiger partial charge in [0.25, 0.3) is 0 Å². The van der Waals surface area contributed by atoms with Crippen LogP contribution in [0.25, 0.3) is 0 Å². The highest BCUT2D eigenvalue weighted by atomic mass is 16.5. The van der Waals surface area contributed by atoms with E-state index in [4.69, 9.17) is 4.74 Å². The van der Waals surface area contributed by atoms with Crippen molar-refractivity contribution in [3.63, 3.8) is 0 Å². The van der Waals surface area contributed by atoms with E-state index in [0.717, 1.165) is 38.8 Å². The van der Waals surface area contributed by atoms with E-state index >= 15 is 0 Å². The number of fused-ring (bicyclic) bond motifs is 2. The van der Waals surface area contributed by atoms with Crippen LogP contribution in [0.4, 0.5) is 0 Å². The van der Waals surface area contributed by atoms with Crippen LogP contribution in [0.2, 0.25) is 0 Å². The summed E-state index contributed by atoms with van der Waals surface area (Å²) in [5.74, 6) is -2.22. The molecule has 19 heavy (non-hydrogen) atoms. The Balaban J connectivity index is 1.78. The molecule has 0 saturated carbocycles. The topological polar surface area (TPSA) is 66.8 Å². The Bertz CT molecular complexity index is 412. The number of aliphatic carboxylic acids is 1. The SMILES string of the molecule is O=C(O)C1C2C=CC(O2)C1C(=O)N1CCCCCC1. The molecule has 5 nitrogen and oxygen atoms in total. The summed E-state index contributed by atoms with van der Waals surface area (Å²) in [6, 6.07) is 0. The minimum Gasteiger partial charge on any atom is -0.481 e. The highest BCUT2D eigenvalue weighted by Crippen LogP contribution is 2.40. The van der Waals surface area contributed by atoms with Crippen LogP contribution >= 0.6 is 0 Å². The molecule has 0 aliphatic carbocycles. The Hall–Kier alpha value is -1.36. The number of carboxylic acid groups (broad SMARTS) is 1. The maximum Gasteiger partial charge on any atom is 0.310 e. The van der Waals surface area contributed by atoms with E-state index in [9.17, 15) is 14.7 Å². The van der Waals surface area contributed by atoms with Gasteiger partial charge in [0.2, 0.25) is 5.91 Å². The van der Waals surface area contributed by atoms with E-state index in [0.29, 0.717) is 0 Å². The van der Waals surface area contributed by atoms with Crippen LogP contribution in [0.1, 0.15) is 25.7 Å². The predicted octanol–water partition coefficient (Wildman–Crippen LogP) is 1.04. The molecule has 0 aromatic carbocycles. The van der Waals surface area contributed by atoms with E-state index in [1.165, 1.54) is 0 Å². The molecule has 1 amide bonds. The molecular weight excluding hydrogens is 246 g/mol. The zero-order valence-electron chi connectivity index (χ0n) is 10.8. The van der Waals surface area contributed by atoms with Gasteiger partial charge in [-0.3, -0.25) is 9.59 Å². The first kappa shape index (κ1) is 12.7. The smallest absolute Gasteiger partial charge is 0.310 e. The minimum absolute atomic E-state index is 0.0360. The molecule has 3 aliphatic rings. The van der Waals surface area contributed by atoms with E-state index in [2.05, 4.69) is 0 Å². The molecule has 5 heteroatoms. The Labute approximate surface area is 112 Å². The molecule has 2 saturated heterocycles. The van der Waals surface area contributed by atoms with Gasteiger partial charge in [0.05, 0.1) is 18.1 Å². The summed E-state index contributed by atoms with van der Waals surface area (Å²) in [5.41, 5.74) is 0.